The van der Waals surface area contributed by atoms with Gasteiger partial charge in [0.25, 0.3) is 5.91 Å². The molecule has 28 heavy (non-hydrogen) atoms. The molecule has 0 aliphatic rings. The third kappa shape index (κ3) is 4.52. The summed E-state index contributed by atoms with van der Waals surface area (Å²) in [4.78, 5) is 42.9. The Morgan fingerprint density at radius 3 is 2.64 bits per heavy atom. The fourth-order valence-electron chi connectivity index (χ4n) is 2.49. The van der Waals surface area contributed by atoms with Gasteiger partial charge >= 0.3 is 5.97 Å². The summed E-state index contributed by atoms with van der Waals surface area (Å²) in [6, 6.07) is 12.8. The van der Waals surface area contributed by atoms with Crippen molar-refractivity contribution in [2.24, 2.45) is 0 Å². The number of para-hydroxylation sites is 1. The Bertz CT molecular complexity index is 1020. The Morgan fingerprint density at radius 1 is 1.14 bits per heavy atom. The van der Waals surface area contributed by atoms with Gasteiger partial charge in [0.05, 0.1) is 28.2 Å². The standard InChI is InChI=1S/C20H19N3O4S/c1-23(2)19(25)11-21-18(24)12-27-20(26)14-10-16(17-8-5-9-28-17)22-15-7-4-3-6-13(14)15/h3-10H,11-12H2,1-2H3,(H,21,24). The Balaban J connectivity index is 1.76. The minimum Gasteiger partial charge on any atom is -0.452 e. The Labute approximate surface area is 165 Å². The number of nitrogens with zero attached hydrogens (tertiary/aromatic N) is 2. The number of likely N-dealkylation sites (N-methyl/N-ethyl adjacent to an activating group) is 1. The summed E-state index contributed by atoms with van der Waals surface area (Å²) in [6.45, 7) is -0.616. The van der Waals surface area contributed by atoms with E-state index in [0.717, 1.165) is 4.88 Å². The molecule has 0 radical (unpaired) electrons. The van der Waals surface area contributed by atoms with Crippen molar-refractivity contribution >= 4 is 40.0 Å². The predicted molar refractivity (Wildman–Crippen MR) is 107 cm³/mol. The van der Waals surface area contributed by atoms with E-state index in [0.29, 0.717) is 22.2 Å². The summed E-state index contributed by atoms with van der Waals surface area (Å²) in [5.41, 5.74) is 1.68. The van der Waals surface area contributed by atoms with E-state index in [1.807, 2.05) is 35.7 Å². The van der Waals surface area contributed by atoms with Gasteiger partial charge in [0, 0.05) is 19.5 Å². The fraction of sp³-hybridized carbons (Fsp3) is 0.200. The number of hydrogen-bond acceptors (Lipinski definition) is 6. The average molecular weight is 397 g/mol. The van der Waals surface area contributed by atoms with E-state index < -0.39 is 18.5 Å². The molecule has 0 spiro atoms. The van der Waals surface area contributed by atoms with E-state index in [1.165, 1.54) is 16.2 Å². The van der Waals surface area contributed by atoms with E-state index in [4.69, 9.17) is 4.74 Å². The minimum atomic E-state index is -0.620. The average Bonchev–Trinajstić information content (AvgIpc) is 3.24. The van der Waals surface area contributed by atoms with Crippen molar-refractivity contribution in [3.8, 4) is 10.6 Å². The highest BCUT2D eigenvalue weighted by Gasteiger charge is 2.17. The maximum Gasteiger partial charge on any atom is 0.339 e. The number of ether oxygens (including phenoxy) is 1. The van der Waals surface area contributed by atoms with Crippen LogP contribution in [0.3, 0.4) is 0 Å². The summed E-state index contributed by atoms with van der Waals surface area (Å²) >= 11 is 1.52. The highest BCUT2D eigenvalue weighted by atomic mass is 32.1. The molecular formula is C20H19N3O4S. The van der Waals surface area contributed by atoms with Gasteiger partial charge < -0.3 is 15.0 Å². The molecule has 2 heterocycles. The third-order valence-corrected chi connectivity index (χ3v) is 4.87. The summed E-state index contributed by atoms with van der Waals surface area (Å²) in [6.07, 6.45) is 0. The number of thiophene rings is 1. The molecule has 0 atom stereocenters. The van der Waals surface area contributed by atoms with E-state index in [1.54, 1.807) is 26.2 Å². The molecule has 0 aliphatic heterocycles. The Morgan fingerprint density at radius 2 is 1.93 bits per heavy atom. The maximum atomic E-state index is 12.6. The van der Waals surface area contributed by atoms with Crippen LogP contribution in [0.1, 0.15) is 10.4 Å². The number of rotatable bonds is 6. The van der Waals surface area contributed by atoms with Crippen molar-refractivity contribution in [2.45, 2.75) is 0 Å². The predicted octanol–water partition coefficient (Wildman–Crippen LogP) is 2.32. The second kappa shape index (κ2) is 8.62. The largest absolute Gasteiger partial charge is 0.452 e. The quantitative estimate of drug-likeness (QED) is 0.645. The molecule has 2 amide bonds. The SMILES string of the molecule is CN(C)C(=O)CNC(=O)COC(=O)c1cc(-c2cccs2)nc2ccccc12. The van der Waals surface area contributed by atoms with Crippen molar-refractivity contribution in [2.75, 3.05) is 27.2 Å². The topological polar surface area (TPSA) is 88.6 Å². The molecule has 0 saturated heterocycles. The van der Waals surface area contributed by atoms with Crippen LogP contribution >= 0.6 is 11.3 Å². The number of benzene rings is 1. The molecule has 1 N–H and O–H groups in total. The molecule has 1 aromatic carbocycles. The number of hydrogen-bond donors (Lipinski definition) is 1. The highest BCUT2D eigenvalue weighted by molar-refractivity contribution is 7.13. The molecule has 144 valence electrons. The van der Waals surface area contributed by atoms with Gasteiger partial charge in [0.15, 0.2) is 6.61 Å². The zero-order valence-electron chi connectivity index (χ0n) is 15.5. The van der Waals surface area contributed by atoms with Crippen LogP contribution in [0.25, 0.3) is 21.5 Å². The van der Waals surface area contributed by atoms with Crippen molar-refractivity contribution in [1.82, 2.24) is 15.2 Å². The van der Waals surface area contributed by atoms with Crippen LogP contribution in [0.15, 0.2) is 47.8 Å². The molecule has 0 bridgehead atoms. The van der Waals surface area contributed by atoms with Gasteiger partial charge in [-0.3, -0.25) is 9.59 Å². The Kier molecular flexibility index (Phi) is 6.00. The summed E-state index contributed by atoms with van der Waals surface area (Å²) in [5, 5.41) is 5.01. The van der Waals surface area contributed by atoms with E-state index >= 15 is 0 Å². The first-order valence-electron chi connectivity index (χ1n) is 8.53. The molecule has 0 aliphatic carbocycles. The summed E-state index contributed by atoms with van der Waals surface area (Å²) in [5.74, 6) is -1.41. The highest BCUT2D eigenvalue weighted by Crippen LogP contribution is 2.28. The van der Waals surface area contributed by atoms with Crippen LogP contribution in [0, 0.1) is 0 Å². The van der Waals surface area contributed by atoms with Gasteiger partial charge in [-0.15, -0.1) is 11.3 Å². The lowest BCUT2D eigenvalue weighted by molar-refractivity contribution is -0.131. The van der Waals surface area contributed by atoms with Gasteiger partial charge in [0.1, 0.15) is 0 Å². The van der Waals surface area contributed by atoms with Crippen LogP contribution in [-0.4, -0.2) is 54.9 Å². The number of carbonyl (C=O) groups is 3. The lowest BCUT2D eigenvalue weighted by atomic mass is 10.1. The molecular weight excluding hydrogens is 378 g/mol. The number of carbonyl (C=O) groups excluding carboxylic acids is 3. The molecule has 8 heteroatoms. The van der Waals surface area contributed by atoms with Crippen molar-refractivity contribution in [1.29, 1.82) is 0 Å². The number of nitrogens with one attached hydrogen (secondary N) is 1. The lowest BCUT2D eigenvalue weighted by Gasteiger charge is -2.12. The molecule has 0 fully saturated rings. The fourth-order valence-corrected chi connectivity index (χ4v) is 3.17. The molecule has 2 aromatic heterocycles. The third-order valence-electron chi connectivity index (χ3n) is 3.98. The normalized spacial score (nSPS) is 10.5. The maximum absolute atomic E-state index is 12.6. The number of pyridine rings is 1. The van der Waals surface area contributed by atoms with Crippen LogP contribution in [0.5, 0.6) is 0 Å². The second-order valence-electron chi connectivity index (χ2n) is 6.19. The number of amides is 2. The van der Waals surface area contributed by atoms with E-state index in [2.05, 4.69) is 10.3 Å². The van der Waals surface area contributed by atoms with Gasteiger partial charge in [-0.1, -0.05) is 24.3 Å². The van der Waals surface area contributed by atoms with Crippen LogP contribution < -0.4 is 5.32 Å². The van der Waals surface area contributed by atoms with Gasteiger partial charge in [-0.05, 0) is 23.6 Å². The van der Waals surface area contributed by atoms with Crippen molar-refractivity contribution in [3.63, 3.8) is 0 Å². The van der Waals surface area contributed by atoms with E-state index in [-0.39, 0.29) is 12.5 Å². The Hall–Kier alpha value is -3.26. The molecule has 7 nitrogen and oxygen atoms in total. The lowest BCUT2D eigenvalue weighted by Crippen LogP contribution is -2.38. The molecule has 0 unspecified atom stereocenters. The van der Waals surface area contributed by atoms with Crippen LogP contribution in [-0.2, 0) is 14.3 Å². The van der Waals surface area contributed by atoms with Gasteiger partial charge in [0.2, 0.25) is 5.91 Å². The van der Waals surface area contributed by atoms with Crippen molar-refractivity contribution in [3.05, 3.63) is 53.4 Å². The minimum absolute atomic E-state index is 0.149. The van der Waals surface area contributed by atoms with Crippen LogP contribution in [0.4, 0.5) is 0 Å². The zero-order valence-corrected chi connectivity index (χ0v) is 16.3. The van der Waals surface area contributed by atoms with Gasteiger partial charge in [-0.25, -0.2) is 9.78 Å². The number of fused-ring (bicyclic) bond motifs is 1. The van der Waals surface area contributed by atoms with Gasteiger partial charge in [-0.2, -0.15) is 0 Å². The number of aromatic nitrogens is 1. The first-order chi connectivity index (χ1) is 13.5. The first kappa shape index (κ1) is 19.5. The number of esters is 1. The smallest absolute Gasteiger partial charge is 0.339 e. The van der Waals surface area contributed by atoms with Crippen LogP contribution in [0.2, 0.25) is 0 Å². The van der Waals surface area contributed by atoms with Crippen molar-refractivity contribution < 1.29 is 19.1 Å². The summed E-state index contributed by atoms with van der Waals surface area (Å²) < 4.78 is 5.16. The molecule has 3 aromatic rings. The molecule has 3 rings (SSSR count). The monoisotopic (exact) mass is 397 g/mol. The zero-order chi connectivity index (χ0) is 20.1. The first-order valence-corrected chi connectivity index (χ1v) is 9.41. The summed E-state index contributed by atoms with van der Waals surface area (Å²) in [7, 11) is 3.18. The molecule has 0 saturated carbocycles. The second-order valence-corrected chi connectivity index (χ2v) is 7.14. The van der Waals surface area contributed by atoms with E-state index in [9.17, 15) is 14.4 Å².